The van der Waals surface area contributed by atoms with Gasteiger partial charge in [-0.3, -0.25) is 14.8 Å². The largest absolute Gasteiger partial charge is 0.356 e. The molecule has 0 radical (unpaired) electrons. The van der Waals surface area contributed by atoms with Crippen LogP contribution in [0.4, 0.5) is 22.7 Å². The van der Waals surface area contributed by atoms with E-state index in [1.54, 1.807) is 24.3 Å². The molecule has 3 aromatic carbocycles. The minimum atomic E-state index is -3.82. The van der Waals surface area contributed by atoms with Crippen molar-refractivity contribution in [1.82, 2.24) is 0 Å². The van der Waals surface area contributed by atoms with E-state index in [2.05, 4.69) is 10.0 Å². The van der Waals surface area contributed by atoms with Gasteiger partial charge in [0.05, 0.1) is 9.82 Å². The van der Waals surface area contributed by atoms with Gasteiger partial charge < -0.3 is 5.32 Å². The molecule has 0 aliphatic carbocycles. The summed E-state index contributed by atoms with van der Waals surface area (Å²) in [6.07, 6.45) is 0. The molecular weight excluding hydrogens is 354 g/mol. The minimum Gasteiger partial charge on any atom is -0.356 e. The van der Waals surface area contributed by atoms with E-state index >= 15 is 0 Å². The number of hydrogen-bond donors (Lipinski definition) is 2. The zero-order chi connectivity index (χ0) is 18.6. The van der Waals surface area contributed by atoms with Crippen molar-refractivity contribution in [2.75, 3.05) is 10.0 Å². The second kappa shape index (κ2) is 7.24. The molecule has 0 amide bonds. The summed E-state index contributed by atoms with van der Waals surface area (Å²) < 4.78 is 27.2. The molecule has 0 aliphatic heterocycles. The smallest absolute Gasteiger partial charge is 0.269 e. The second-order valence-corrected chi connectivity index (χ2v) is 7.11. The second-order valence-electron chi connectivity index (χ2n) is 5.42. The molecule has 0 spiro atoms. The quantitative estimate of drug-likeness (QED) is 0.502. The van der Waals surface area contributed by atoms with E-state index in [4.69, 9.17) is 0 Å². The predicted molar refractivity (Wildman–Crippen MR) is 100 cm³/mol. The third-order valence-electron chi connectivity index (χ3n) is 3.56. The Hall–Kier alpha value is -3.39. The fraction of sp³-hybridized carbons (Fsp3) is 0. The van der Waals surface area contributed by atoms with Crippen molar-refractivity contribution in [3.8, 4) is 0 Å². The van der Waals surface area contributed by atoms with Crippen molar-refractivity contribution in [3.05, 3.63) is 89.0 Å². The summed E-state index contributed by atoms with van der Waals surface area (Å²) in [7, 11) is -3.82. The van der Waals surface area contributed by atoms with Crippen LogP contribution in [-0.4, -0.2) is 13.3 Å². The first-order valence-electron chi connectivity index (χ1n) is 7.63. The van der Waals surface area contributed by atoms with Crippen LogP contribution in [0, 0.1) is 10.1 Å². The van der Waals surface area contributed by atoms with E-state index in [9.17, 15) is 18.5 Å². The van der Waals surface area contributed by atoms with Gasteiger partial charge in [-0.15, -0.1) is 0 Å². The van der Waals surface area contributed by atoms with Crippen LogP contribution >= 0.6 is 0 Å². The topological polar surface area (TPSA) is 101 Å². The van der Waals surface area contributed by atoms with Gasteiger partial charge in [0.15, 0.2) is 0 Å². The molecule has 7 nitrogen and oxygen atoms in total. The molecular formula is C18H15N3O4S. The van der Waals surface area contributed by atoms with E-state index in [0.717, 1.165) is 23.5 Å². The summed E-state index contributed by atoms with van der Waals surface area (Å²) in [5.41, 5.74) is 1.96. The number of non-ortho nitro benzene ring substituents is 1. The molecule has 0 unspecified atom stereocenters. The van der Waals surface area contributed by atoms with Crippen molar-refractivity contribution >= 4 is 32.8 Å². The number of rotatable bonds is 6. The molecule has 0 bridgehead atoms. The van der Waals surface area contributed by atoms with E-state index in [-0.39, 0.29) is 10.6 Å². The molecule has 0 atom stereocenters. The van der Waals surface area contributed by atoms with Crippen LogP contribution in [0.15, 0.2) is 83.8 Å². The van der Waals surface area contributed by atoms with Crippen molar-refractivity contribution < 1.29 is 13.3 Å². The summed E-state index contributed by atoms with van der Waals surface area (Å²) >= 11 is 0. The zero-order valence-electron chi connectivity index (χ0n) is 13.5. The maximum absolute atomic E-state index is 12.4. The fourth-order valence-corrected chi connectivity index (χ4v) is 3.33. The van der Waals surface area contributed by atoms with E-state index in [1.807, 2.05) is 30.3 Å². The van der Waals surface area contributed by atoms with Crippen molar-refractivity contribution in [3.63, 3.8) is 0 Å². The number of hydrogen-bond acceptors (Lipinski definition) is 5. The summed E-state index contributed by atoms with van der Waals surface area (Å²) in [6.45, 7) is 0. The van der Waals surface area contributed by atoms with Crippen LogP contribution in [0.25, 0.3) is 0 Å². The molecule has 2 N–H and O–H groups in total. The highest BCUT2D eigenvalue weighted by atomic mass is 32.2. The van der Waals surface area contributed by atoms with Gasteiger partial charge in [0.1, 0.15) is 0 Å². The lowest BCUT2D eigenvalue weighted by Crippen LogP contribution is -2.12. The Bertz CT molecular complexity index is 1000. The number of nitro benzene ring substituents is 1. The lowest BCUT2D eigenvalue weighted by Gasteiger charge is -2.10. The lowest BCUT2D eigenvalue weighted by molar-refractivity contribution is -0.384. The molecule has 26 heavy (non-hydrogen) atoms. The molecule has 0 heterocycles. The molecule has 0 aromatic heterocycles. The Kier molecular flexibility index (Phi) is 4.85. The number of nitro groups is 1. The normalized spacial score (nSPS) is 10.9. The number of para-hydroxylation sites is 1. The third-order valence-corrected chi connectivity index (χ3v) is 4.95. The molecule has 0 aliphatic rings. The standard InChI is InChI=1S/C18H15N3O4S/c22-21(23)17-10-12-18(13-11-17)26(24,25)20-16-8-6-15(7-9-16)19-14-4-2-1-3-5-14/h1-13,19-20H. The van der Waals surface area contributed by atoms with Gasteiger partial charge in [-0.05, 0) is 48.5 Å². The fourth-order valence-electron chi connectivity index (χ4n) is 2.27. The minimum absolute atomic E-state index is 0.0467. The lowest BCUT2D eigenvalue weighted by atomic mass is 10.2. The van der Waals surface area contributed by atoms with Crippen molar-refractivity contribution in [1.29, 1.82) is 0 Å². The van der Waals surface area contributed by atoms with Crippen LogP contribution in [0.5, 0.6) is 0 Å². The van der Waals surface area contributed by atoms with Gasteiger partial charge in [0.2, 0.25) is 0 Å². The Balaban J connectivity index is 1.72. The van der Waals surface area contributed by atoms with Crippen LogP contribution < -0.4 is 10.0 Å². The molecule has 3 aromatic rings. The maximum Gasteiger partial charge on any atom is 0.269 e. The van der Waals surface area contributed by atoms with Crippen LogP contribution in [0.3, 0.4) is 0 Å². The highest BCUT2D eigenvalue weighted by molar-refractivity contribution is 7.92. The Morgan fingerprint density at radius 2 is 1.27 bits per heavy atom. The Morgan fingerprint density at radius 3 is 1.85 bits per heavy atom. The number of anilines is 3. The van der Waals surface area contributed by atoms with Gasteiger partial charge in [-0.2, -0.15) is 0 Å². The van der Waals surface area contributed by atoms with Gasteiger partial charge in [-0.1, -0.05) is 18.2 Å². The van der Waals surface area contributed by atoms with Crippen LogP contribution in [0.2, 0.25) is 0 Å². The van der Waals surface area contributed by atoms with Crippen molar-refractivity contribution in [2.45, 2.75) is 4.90 Å². The first-order valence-corrected chi connectivity index (χ1v) is 9.12. The Morgan fingerprint density at radius 1 is 0.731 bits per heavy atom. The number of nitrogens with one attached hydrogen (secondary N) is 2. The van der Waals surface area contributed by atoms with E-state index < -0.39 is 14.9 Å². The predicted octanol–water partition coefficient (Wildman–Crippen LogP) is 4.14. The highest BCUT2D eigenvalue weighted by Gasteiger charge is 2.16. The first-order chi connectivity index (χ1) is 12.4. The average Bonchev–Trinajstić information content (AvgIpc) is 2.64. The molecule has 3 rings (SSSR count). The van der Waals surface area contributed by atoms with Crippen LogP contribution in [0.1, 0.15) is 0 Å². The summed E-state index contributed by atoms with van der Waals surface area (Å²) in [5, 5.41) is 13.9. The number of nitrogens with zero attached hydrogens (tertiary/aromatic N) is 1. The van der Waals surface area contributed by atoms with E-state index in [1.165, 1.54) is 12.1 Å². The molecule has 0 saturated heterocycles. The Labute approximate surface area is 150 Å². The molecule has 0 fully saturated rings. The summed E-state index contributed by atoms with van der Waals surface area (Å²) in [6, 6.07) is 21.1. The van der Waals surface area contributed by atoms with E-state index in [0.29, 0.717) is 5.69 Å². The molecule has 8 heteroatoms. The summed E-state index contributed by atoms with van der Waals surface area (Å²) in [4.78, 5) is 10.0. The summed E-state index contributed by atoms with van der Waals surface area (Å²) in [5.74, 6) is 0. The van der Waals surface area contributed by atoms with Crippen LogP contribution in [-0.2, 0) is 10.0 Å². The van der Waals surface area contributed by atoms with Gasteiger partial charge in [0.25, 0.3) is 15.7 Å². The van der Waals surface area contributed by atoms with Gasteiger partial charge in [-0.25, -0.2) is 8.42 Å². The van der Waals surface area contributed by atoms with Gasteiger partial charge >= 0.3 is 0 Å². The van der Waals surface area contributed by atoms with Crippen molar-refractivity contribution in [2.24, 2.45) is 0 Å². The maximum atomic E-state index is 12.4. The third kappa shape index (κ3) is 4.17. The first kappa shape index (κ1) is 17.4. The number of sulfonamides is 1. The average molecular weight is 369 g/mol. The highest BCUT2D eigenvalue weighted by Crippen LogP contribution is 2.22. The number of benzene rings is 3. The zero-order valence-corrected chi connectivity index (χ0v) is 14.3. The SMILES string of the molecule is O=[N+]([O-])c1ccc(S(=O)(=O)Nc2ccc(Nc3ccccc3)cc2)cc1. The molecule has 132 valence electrons. The molecule has 0 saturated carbocycles. The van der Waals surface area contributed by atoms with Gasteiger partial charge in [0, 0.05) is 29.2 Å². The monoisotopic (exact) mass is 369 g/mol.